The monoisotopic (exact) mass is 340 g/mol. The third-order valence-electron chi connectivity index (χ3n) is 2.88. The average Bonchev–Trinajstić information content (AvgIpc) is 2.36. The Balaban J connectivity index is 3.17. The number of nitrogens with zero attached hydrogens (tertiary/aromatic N) is 4. The van der Waals surface area contributed by atoms with E-state index in [1.54, 1.807) is 0 Å². The molecule has 0 saturated carbocycles. The zero-order chi connectivity index (χ0) is 14.8. The van der Waals surface area contributed by atoms with Crippen molar-refractivity contribution in [3.8, 4) is 0 Å². The molecule has 1 amide bonds. The van der Waals surface area contributed by atoms with Gasteiger partial charge in [-0.2, -0.15) is 0 Å². The lowest BCUT2D eigenvalue weighted by Crippen LogP contribution is -2.64. The number of nitro groups is 3. The zero-order valence-corrected chi connectivity index (χ0v) is 11.0. The summed E-state index contributed by atoms with van der Waals surface area (Å²) < 4.78 is 0. The number of alkyl halides is 1. The Hall–Kier alpha value is -1.85. The Labute approximate surface area is 114 Å². The van der Waals surface area contributed by atoms with Crippen LogP contribution >= 0.6 is 15.9 Å². The minimum atomic E-state index is -2.73. The first kappa shape index (κ1) is 15.2. The van der Waals surface area contributed by atoms with Gasteiger partial charge in [0.2, 0.25) is 11.9 Å². The summed E-state index contributed by atoms with van der Waals surface area (Å²) in [7, 11) is 0. The third kappa shape index (κ3) is 2.77. The van der Waals surface area contributed by atoms with E-state index in [1.165, 1.54) is 0 Å². The number of carbonyl (C=O) groups excluding carboxylic acids is 1. The van der Waals surface area contributed by atoms with E-state index in [9.17, 15) is 35.1 Å². The summed E-state index contributed by atoms with van der Waals surface area (Å²) in [6.45, 7) is -1.15. The van der Waals surface area contributed by atoms with Crippen LogP contribution in [0.15, 0.2) is 0 Å². The van der Waals surface area contributed by atoms with Crippen molar-refractivity contribution in [2.45, 2.75) is 18.1 Å². The van der Waals surface area contributed by atoms with Crippen molar-refractivity contribution in [1.82, 2.24) is 4.90 Å². The molecule has 0 bridgehead atoms. The number of halogens is 1. The van der Waals surface area contributed by atoms with Crippen molar-refractivity contribution in [2.75, 3.05) is 18.4 Å². The summed E-state index contributed by atoms with van der Waals surface area (Å²) in [6.07, 6.45) is -0.841. The van der Waals surface area contributed by atoms with Gasteiger partial charge < -0.3 is 4.90 Å². The van der Waals surface area contributed by atoms with Crippen molar-refractivity contribution in [3.05, 3.63) is 30.3 Å². The number of hydrogen-bond acceptors (Lipinski definition) is 7. The number of rotatable bonds is 4. The summed E-state index contributed by atoms with van der Waals surface area (Å²) in [5.74, 6) is -0.667. The molecule has 1 rings (SSSR count). The maximum Gasteiger partial charge on any atom is 0.482 e. The van der Waals surface area contributed by atoms with E-state index in [0.717, 1.165) is 4.90 Å². The molecular formula is C7H9BrN4O7. The zero-order valence-electron chi connectivity index (χ0n) is 9.43. The van der Waals surface area contributed by atoms with Crippen LogP contribution in [0.3, 0.4) is 0 Å². The SMILES string of the molecule is O=C(CBr)N1CC([N+](=O)[O-])CC([N+](=O)[O-])([N+](=O)[O-])C1. The van der Waals surface area contributed by atoms with E-state index in [1.807, 2.05) is 0 Å². The molecule has 0 aliphatic carbocycles. The first-order valence-electron chi connectivity index (χ1n) is 5.01. The second-order valence-corrected chi connectivity index (χ2v) is 4.61. The fraction of sp³-hybridized carbons (Fsp3) is 0.857. The molecule has 0 aromatic carbocycles. The highest BCUT2D eigenvalue weighted by molar-refractivity contribution is 9.09. The second kappa shape index (κ2) is 5.42. The predicted molar refractivity (Wildman–Crippen MR) is 62.5 cm³/mol. The van der Waals surface area contributed by atoms with E-state index in [0.29, 0.717) is 0 Å². The number of carbonyl (C=O) groups is 1. The van der Waals surface area contributed by atoms with Crippen LogP contribution in [0.1, 0.15) is 6.42 Å². The summed E-state index contributed by atoms with van der Waals surface area (Å²) in [6, 6.07) is -1.53. The molecular weight excluding hydrogens is 332 g/mol. The smallest absolute Gasteiger partial charge is 0.321 e. The van der Waals surface area contributed by atoms with E-state index in [4.69, 9.17) is 0 Å². The van der Waals surface area contributed by atoms with Crippen molar-refractivity contribution in [3.63, 3.8) is 0 Å². The van der Waals surface area contributed by atoms with Gasteiger partial charge in [-0.1, -0.05) is 15.9 Å². The van der Waals surface area contributed by atoms with Crippen LogP contribution in [0, 0.1) is 30.3 Å². The van der Waals surface area contributed by atoms with Gasteiger partial charge >= 0.3 is 5.66 Å². The topological polar surface area (TPSA) is 150 Å². The first-order chi connectivity index (χ1) is 8.74. The Kier molecular flexibility index (Phi) is 4.34. The lowest BCUT2D eigenvalue weighted by atomic mass is 9.95. The fourth-order valence-electron chi connectivity index (χ4n) is 1.88. The average molecular weight is 341 g/mol. The van der Waals surface area contributed by atoms with Gasteiger partial charge in [-0.25, -0.2) is 0 Å². The van der Waals surface area contributed by atoms with Crippen LogP contribution in [0.5, 0.6) is 0 Å². The molecule has 1 aliphatic rings. The maximum absolute atomic E-state index is 11.5. The van der Waals surface area contributed by atoms with Crippen LogP contribution in [-0.4, -0.2) is 55.7 Å². The molecule has 19 heavy (non-hydrogen) atoms. The van der Waals surface area contributed by atoms with Crippen molar-refractivity contribution >= 4 is 21.8 Å². The summed E-state index contributed by atoms with van der Waals surface area (Å²) in [5.41, 5.74) is -2.73. The Morgan fingerprint density at radius 2 is 1.79 bits per heavy atom. The highest BCUT2D eigenvalue weighted by Crippen LogP contribution is 2.27. The molecule has 0 aromatic heterocycles. The molecule has 1 heterocycles. The highest BCUT2D eigenvalue weighted by atomic mass is 79.9. The predicted octanol–water partition coefficient (Wildman–Crippen LogP) is -0.491. The van der Waals surface area contributed by atoms with Gasteiger partial charge in [0.05, 0.1) is 11.9 Å². The van der Waals surface area contributed by atoms with Gasteiger partial charge in [0, 0.05) is 4.92 Å². The quantitative estimate of drug-likeness (QED) is 0.290. The van der Waals surface area contributed by atoms with E-state index in [2.05, 4.69) is 15.9 Å². The van der Waals surface area contributed by atoms with Gasteiger partial charge in [-0.05, 0) is 0 Å². The highest BCUT2D eigenvalue weighted by Gasteiger charge is 2.64. The number of likely N-dealkylation sites (tertiary alicyclic amines) is 1. The van der Waals surface area contributed by atoms with Crippen LogP contribution in [0.25, 0.3) is 0 Å². The van der Waals surface area contributed by atoms with Gasteiger partial charge in [0.15, 0.2) is 13.0 Å². The van der Waals surface area contributed by atoms with Crippen LogP contribution < -0.4 is 0 Å². The van der Waals surface area contributed by atoms with Crippen LogP contribution in [-0.2, 0) is 4.79 Å². The Morgan fingerprint density at radius 1 is 1.26 bits per heavy atom. The molecule has 106 valence electrons. The van der Waals surface area contributed by atoms with Crippen molar-refractivity contribution in [1.29, 1.82) is 0 Å². The molecule has 0 radical (unpaired) electrons. The minimum Gasteiger partial charge on any atom is -0.321 e. The Morgan fingerprint density at radius 3 is 2.16 bits per heavy atom. The molecule has 1 aliphatic heterocycles. The van der Waals surface area contributed by atoms with Crippen molar-refractivity contribution in [2.24, 2.45) is 0 Å². The molecule has 0 spiro atoms. The first-order valence-corrected chi connectivity index (χ1v) is 6.13. The molecule has 0 N–H and O–H groups in total. The number of hydrogen-bond donors (Lipinski definition) is 0. The van der Waals surface area contributed by atoms with Gasteiger partial charge in [-0.3, -0.25) is 35.1 Å². The van der Waals surface area contributed by atoms with Gasteiger partial charge in [-0.15, -0.1) is 0 Å². The largest absolute Gasteiger partial charge is 0.482 e. The van der Waals surface area contributed by atoms with Gasteiger partial charge in [0.25, 0.3) is 0 Å². The molecule has 1 fully saturated rings. The molecule has 1 atom stereocenters. The molecule has 11 nitrogen and oxygen atoms in total. The van der Waals surface area contributed by atoms with Crippen LogP contribution in [0.2, 0.25) is 0 Å². The third-order valence-corrected chi connectivity index (χ3v) is 3.36. The van der Waals surface area contributed by atoms with Gasteiger partial charge in [0.1, 0.15) is 9.85 Å². The molecule has 1 saturated heterocycles. The van der Waals surface area contributed by atoms with Crippen molar-refractivity contribution < 1.29 is 19.6 Å². The lowest BCUT2D eigenvalue weighted by molar-refractivity contribution is -0.804. The normalized spacial score (nSPS) is 21.7. The number of amides is 1. The standard InChI is InChI=1S/C7H9BrN4O7/c8-2-6(13)9-3-5(10(14)15)1-7(4-9,11(16)17)12(18)19/h5H,1-4H2. The van der Waals surface area contributed by atoms with E-state index < -0.39 is 45.3 Å². The summed E-state index contributed by atoms with van der Waals surface area (Å²) in [4.78, 5) is 41.7. The summed E-state index contributed by atoms with van der Waals surface area (Å²) >= 11 is 2.82. The molecule has 1 unspecified atom stereocenters. The minimum absolute atomic E-state index is 0.219. The molecule has 12 heteroatoms. The lowest BCUT2D eigenvalue weighted by Gasteiger charge is -2.31. The summed E-state index contributed by atoms with van der Waals surface area (Å²) in [5, 5.41) is 32.4. The van der Waals surface area contributed by atoms with E-state index >= 15 is 0 Å². The Bertz CT molecular complexity index is 427. The molecule has 0 aromatic rings. The van der Waals surface area contributed by atoms with E-state index in [-0.39, 0.29) is 11.9 Å². The maximum atomic E-state index is 11.5. The fourth-order valence-corrected chi connectivity index (χ4v) is 2.23. The van der Waals surface area contributed by atoms with Crippen LogP contribution in [0.4, 0.5) is 0 Å². The second-order valence-electron chi connectivity index (χ2n) is 4.05. The number of piperidine rings is 1.